The van der Waals surface area contributed by atoms with Gasteiger partial charge in [-0.3, -0.25) is 4.79 Å². The van der Waals surface area contributed by atoms with E-state index in [2.05, 4.69) is 15.2 Å². The van der Waals surface area contributed by atoms with Crippen LogP contribution in [0.15, 0.2) is 59.7 Å². The molecule has 0 saturated heterocycles. The number of hydrogen-bond acceptors (Lipinski definition) is 5. The number of nitrogens with one attached hydrogen (secondary N) is 1. The Morgan fingerprint density at radius 2 is 1.78 bits per heavy atom. The number of aromatic amines is 1. The molecule has 0 fully saturated rings. The largest absolute Gasteiger partial charge is 0.508 e. The van der Waals surface area contributed by atoms with E-state index in [4.69, 9.17) is 10.7 Å². The molecule has 7 nitrogen and oxygen atoms in total. The second-order valence-electron chi connectivity index (χ2n) is 6.24. The number of aromatic hydroxyl groups is 1. The summed E-state index contributed by atoms with van der Waals surface area (Å²) in [5.74, 6) is -0.468. The molecular formula is C20H13N5O2. The average molecular weight is 355 g/mol. The van der Waals surface area contributed by atoms with Crippen molar-refractivity contribution in [1.82, 2.24) is 15.2 Å². The maximum absolute atomic E-state index is 12.0. The Balaban J connectivity index is 1.94. The molecule has 5 rings (SSSR count). The fourth-order valence-corrected chi connectivity index (χ4v) is 3.44. The molecule has 0 aliphatic carbocycles. The van der Waals surface area contributed by atoms with Gasteiger partial charge in [0.2, 0.25) is 0 Å². The number of phenols is 1. The maximum Gasteiger partial charge on any atom is 0.269 e. The van der Waals surface area contributed by atoms with Gasteiger partial charge in [-0.2, -0.15) is 0 Å². The summed E-state index contributed by atoms with van der Waals surface area (Å²) in [6.45, 7) is 0. The van der Waals surface area contributed by atoms with E-state index in [1.54, 1.807) is 30.5 Å². The number of aliphatic imine (C=N–C) groups is 1. The molecule has 130 valence electrons. The van der Waals surface area contributed by atoms with Crippen LogP contribution in [-0.2, 0) is 0 Å². The van der Waals surface area contributed by atoms with Gasteiger partial charge in [0.1, 0.15) is 5.75 Å². The SMILES string of the molecule is NC(=O)c1nnc2[nH]cc3c2c1-c1ccccc1N=C3c1ccc(O)cc1. The molecule has 0 radical (unpaired) electrons. The van der Waals surface area contributed by atoms with E-state index in [1.165, 1.54) is 0 Å². The van der Waals surface area contributed by atoms with Crippen LogP contribution in [0.2, 0.25) is 0 Å². The van der Waals surface area contributed by atoms with Crippen LogP contribution in [0.25, 0.3) is 22.2 Å². The lowest BCUT2D eigenvalue weighted by atomic mass is 9.96. The van der Waals surface area contributed by atoms with Gasteiger partial charge in [-0.1, -0.05) is 18.2 Å². The second kappa shape index (κ2) is 5.50. The Labute approximate surface area is 153 Å². The van der Waals surface area contributed by atoms with Crippen LogP contribution in [0.3, 0.4) is 0 Å². The van der Waals surface area contributed by atoms with Crippen molar-refractivity contribution in [3.05, 3.63) is 71.5 Å². The van der Waals surface area contributed by atoms with E-state index in [1.807, 2.05) is 24.3 Å². The number of phenolic OH excluding ortho intramolecular Hbond substituents is 1. The highest BCUT2D eigenvalue weighted by Crippen LogP contribution is 2.41. The molecule has 4 aromatic rings. The quantitative estimate of drug-likeness (QED) is 0.451. The lowest BCUT2D eigenvalue weighted by Gasteiger charge is -2.08. The molecule has 3 heterocycles. The monoisotopic (exact) mass is 355 g/mol. The van der Waals surface area contributed by atoms with E-state index < -0.39 is 5.91 Å². The minimum absolute atomic E-state index is 0.109. The molecule has 1 amide bonds. The zero-order valence-electron chi connectivity index (χ0n) is 14.0. The first-order valence-electron chi connectivity index (χ1n) is 8.29. The van der Waals surface area contributed by atoms with Gasteiger partial charge in [0.15, 0.2) is 11.3 Å². The number of benzene rings is 2. The van der Waals surface area contributed by atoms with Crippen molar-refractivity contribution in [2.24, 2.45) is 10.7 Å². The van der Waals surface area contributed by atoms with Crippen LogP contribution >= 0.6 is 0 Å². The standard InChI is InChI=1S/C20H13N5O2/c21-19(27)18-15-12-3-1-2-4-14(12)23-17(10-5-7-11(26)8-6-10)13-9-22-20(16(13)15)25-24-18/h1-9,26H,(H2,21,27)(H,22,25). The van der Waals surface area contributed by atoms with Crippen LogP contribution in [0, 0.1) is 0 Å². The Morgan fingerprint density at radius 1 is 1.00 bits per heavy atom. The highest BCUT2D eigenvalue weighted by molar-refractivity contribution is 6.25. The van der Waals surface area contributed by atoms with Crippen LogP contribution in [0.5, 0.6) is 5.75 Å². The van der Waals surface area contributed by atoms with E-state index in [0.29, 0.717) is 22.6 Å². The zero-order chi connectivity index (χ0) is 18.5. The summed E-state index contributed by atoms with van der Waals surface area (Å²) in [6.07, 6.45) is 1.80. The summed E-state index contributed by atoms with van der Waals surface area (Å²) < 4.78 is 0. The number of amides is 1. The molecule has 0 atom stereocenters. The van der Waals surface area contributed by atoms with Crippen LogP contribution < -0.4 is 5.73 Å². The number of rotatable bonds is 2. The van der Waals surface area contributed by atoms with Crippen molar-refractivity contribution in [3.63, 3.8) is 0 Å². The molecule has 2 aromatic carbocycles. The molecule has 0 bridgehead atoms. The molecule has 0 saturated carbocycles. The van der Waals surface area contributed by atoms with E-state index in [0.717, 1.165) is 22.1 Å². The molecular weight excluding hydrogens is 342 g/mol. The van der Waals surface area contributed by atoms with Crippen LogP contribution in [0.1, 0.15) is 21.6 Å². The summed E-state index contributed by atoms with van der Waals surface area (Å²) in [6, 6.07) is 14.3. The minimum atomic E-state index is -0.644. The van der Waals surface area contributed by atoms with Gasteiger partial charge in [0.25, 0.3) is 5.91 Å². The maximum atomic E-state index is 12.0. The summed E-state index contributed by atoms with van der Waals surface area (Å²) in [5, 5.41) is 18.5. The van der Waals surface area contributed by atoms with Crippen molar-refractivity contribution in [3.8, 4) is 16.9 Å². The summed E-state index contributed by atoms with van der Waals surface area (Å²) >= 11 is 0. The third kappa shape index (κ3) is 2.22. The van der Waals surface area contributed by atoms with Crippen LogP contribution in [-0.4, -0.2) is 31.9 Å². The number of hydrogen-bond donors (Lipinski definition) is 3. The Bertz CT molecular complexity index is 1260. The molecule has 4 N–H and O–H groups in total. The third-order valence-electron chi connectivity index (χ3n) is 4.63. The lowest BCUT2D eigenvalue weighted by Crippen LogP contribution is -2.16. The van der Waals surface area contributed by atoms with Gasteiger partial charge >= 0.3 is 0 Å². The second-order valence-corrected chi connectivity index (χ2v) is 6.24. The number of para-hydroxylation sites is 1. The number of aromatic nitrogens is 3. The number of fused-ring (bicyclic) bond motifs is 2. The van der Waals surface area contributed by atoms with Gasteiger partial charge < -0.3 is 15.8 Å². The normalized spacial score (nSPS) is 12.4. The zero-order valence-corrected chi connectivity index (χ0v) is 14.0. The molecule has 7 heteroatoms. The van der Waals surface area contributed by atoms with E-state index in [-0.39, 0.29) is 11.4 Å². The number of carbonyl (C=O) groups excluding carboxylic acids is 1. The summed E-state index contributed by atoms with van der Waals surface area (Å²) in [7, 11) is 0. The highest BCUT2D eigenvalue weighted by atomic mass is 16.3. The van der Waals surface area contributed by atoms with E-state index in [9.17, 15) is 9.90 Å². The lowest BCUT2D eigenvalue weighted by molar-refractivity contribution is 0.0995. The van der Waals surface area contributed by atoms with Gasteiger partial charge in [-0.15, -0.1) is 10.2 Å². The molecule has 2 aromatic heterocycles. The van der Waals surface area contributed by atoms with Gasteiger partial charge in [0, 0.05) is 33.8 Å². The third-order valence-corrected chi connectivity index (χ3v) is 4.63. The van der Waals surface area contributed by atoms with Crippen LogP contribution in [0.4, 0.5) is 5.69 Å². The first kappa shape index (κ1) is 15.3. The first-order chi connectivity index (χ1) is 13.1. The van der Waals surface area contributed by atoms with Gasteiger partial charge in [-0.05, 0) is 30.3 Å². The number of H-pyrrole nitrogens is 1. The molecule has 27 heavy (non-hydrogen) atoms. The Morgan fingerprint density at radius 3 is 2.56 bits per heavy atom. The molecule has 1 aliphatic rings. The van der Waals surface area contributed by atoms with Gasteiger partial charge in [-0.25, -0.2) is 4.99 Å². The number of carbonyl (C=O) groups is 1. The molecule has 1 aliphatic heterocycles. The average Bonchev–Trinajstić information content (AvgIpc) is 3.04. The topological polar surface area (TPSA) is 117 Å². The smallest absolute Gasteiger partial charge is 0.269 e. The van der Waals surface area contributed by atoms with Gasteiger partial charge in [0.05, 0.1) is 11.4 Å². The molecule has 0 spiro atoms. The molecule has 0 unspecified atom stereocenters. The predicted molar refractivity (Wildman–Crippen MR) is 101 cm³/mol. The fourth-order valence-electron chi connectivity index (χ4n) is 3.44. The first-order valence-corrected chi connectivity index (χ1v) is 8.29. The van der Waals surface area contributed by atoms with E-state index >= 15 is 0 Å². The highest BCUT2D eigenvalue weighted by Gasteiger charge is 2.27. The minimum Gasteiger partial charge on any atom is -0.508 e. The summed E-state index contributed by atoms with van der Waals surface area (Å²) in [4.78, 5) is 20.0. The number of primary amides is 1. The Kier molecular flexibility index (Phi) is 3.11. The van der Waals surface area contributed by atoms with Crippen molar-refractivity contribution in [2.45, 2.75) is 0 Å². The van der Waals surface area contributed by atoms with Crippen molar-refractivity contribution in [1.29, 1.82) is 0 Å². The fraction of sp³-hybridized carbons (Fsp3) is 0. The predicted octanol–water partition coefficient (Wildman–Crippen LogP) is 2.91. The number of nitrogens with two attached hydrogens (primary N) is 1. The number of nitrogens with zero attached hydrogens (tertiary/aromatic N) is 3. The summed E-state index contributed by atoms with van der Waals surface area (Å²) in [5.41, 5.74) is 10.6. The Hall–Kier alpha value is -4.00. The van der Waals surface area contributed by atoms with Crippen molar-refractivity contribution in [2.75, 3.05) is 0 Å². The van der Waals surface area contributed by atoms with Crippen molar-refractivity contribution >= 4 is 28.3 Å². The van der Waals surface area contributed by atoms with Crippen molar-refractivity contribution < 1.29 is 9.90 Å².